The van der Waals surface area contributed by atoms with Gasteiger partial charge in [0.15, 0.2) is 17.5 Å². The Hall–Kier alpha value is -1.32. The van der Waals surface area contributed by atoms with E-state index in [2.05, 4.69) is 10.3 Å². The quantitative estimate of drug-likeness (QED) is 0.402. The van der Waals surface area contributed by atoms with Crippen LogP contribution >= 0.6 is 24.0 Å². The van der Waals surface area contributed by atoms with Gasteiger partial charge in [0.2, 0.25) is 5.92 Å². The lowest BCUT2D eigenvalue weighted by molar-refractivity contribution is -0.0446. The predicted octanol–water partition coefficient (Wildman–Crippen LogP) is 3.87. The zero-order valence-corrected chi connectivity index (χ0v) is 16.2. The molecule has 0 aliphatic heterocycles. The Kier molecular flexibility index (Phi) is 7.98. The number of ether oxygens (including phenoxy) is 2. The molecule has 1 aliphatic rings. The maximum absolute atomic E-state index is 13.1. The van der Waals surface area contributed by atoms with Crippen LogP contribution in [0.5, 0.6) is 11.5 Å². The lowest BCUT2D eigenvalue weighted by Crippen LogP contribution is -2.28. The Morgan fingerprint density at radius 3 is 2.46 bits per heavy atom. The fourth-order valence-corrected chi connectivity index (χ4v) is 2.61. The minimum Gasteiger partial charge on any atom is -0.493 e. The molecule has 136 valence electrons. The van der Waals surface area contributed by atoms with E-state index in [1.54, 1.807) is 32.4 Å². The number of nitrogens with zero attached hydrogens (tertiary/aromatic N) is 1. The summed E-state index contributed by atoms with van der Waals surface area (Å²) >= 11 is 0. The molecule has 3 N–H and O–H groups in total. The number of rotatable bonds is 5. The van der Waals surface area contributed by atoms with Crippen molar-refractivity contribution >= 4 is 35.6 Å². The maximum Gasteiger partial charge on any atom is 0.248 e. The number of hydrogen-bond donors (Lipinski definition) is 2. The van der Waals surface area contributed by atoms with Crippen molar-refractivity contribution in [3.05, 3.63) is 18.2 Å². The second-order valence-corrected chi connectivity index (χ2v) is 5.72. The molecule has 0 amide bonds. The molecule has 0 bridgehead atoms. The zero-order chi connectivity index (χ0) is 16.9. The average molecular weight is 455 g/mol. The second kappa shape index (κ2) is 9.24. The summed E-state index contributed by atoms with van der Waals surface area (Å²) < 4.78 is 36.6. The Bertz CT molecular complexity index is 560. The van der Waals surface area contributed by atoms with Gasteiger partial charge in [-0.2, -0.15) is 0 Å². The number of aliphatic imine (C=N–C) groups is 1. The molecule has 1 aliphatic carbocycles. The molecule has 0 unspecified atom stereocenters. The zero-order valence-electron chi connectivity index (χ0n) is 13.9. The SMILES string of the molecule is COc1ccc(NC(N)=NCC2CCC(F)(F)CC2)cc1OC.I. The first kappa shape index (κ1) is 20.7. The van der Waals surface area contributed by atoms with Crippen LogP contribution in [0.25, 0.3) is 0 Å². The number of guanidine groups is 1. The third kappa shape index (κ3) is 5.95. The number of halogens is 3. The van der Waals surface area contributed by atoms with Gasteiger partial charge < -0.3 is 20.5 Å². The summed E-state index contributed by atoms with van der Waals surface area (Å²) in [7, 11) is 3.12. The Morgan fingerprint density at radius 2 is 1.88 bits per heavy atom. The number of anilines is 1. The van der Waals surface area contributed by atoms with E-state index in [1.807, 2.05) is 0 Å². The third-order valence-corrected chi connectivity index (χ3v) is 4.01. The molecule has 0 saturated heterocycles. The summed E-state index contributed by atoms with van der Waals surface area (Å²) in [6.07, 6.45) is 0.854. The van der Waals surface area contributed by atoms with Gasteiger partial charge in [-0.3, -0.25) is 4.99 Å². The highest BCUT2D eigenvalue weighted by Gasteiger charge is 2.34. The number of nitrogens with two attached hydrogens (primary N) is 1. The molecule has 1 aromatic carbocycles. The lowest BCUT2D eigenvalue weighted by Gasteiger charge is -2.27. The van der Waals surface area contributed by atoms with E-state index in [-0.39, 0.29) is 48.7 Å². The van der Waals surface area contributed by atoms with Gasteiger partial charge in [0.25, 0.3) is 0 Å². The summed E-state index contributed by atoms with van der Waals surface area (Å²) in [5.74, 6) is -0.879. The highest BCUT2D eigenvalue weighted by Crippen LogP contribution is 2.36. The van der Waals surface area contributed by atoms with E-state index in [1.165, 1.54) is 0 Å². The van der Waals surface area contributed by atoms with Crippen LogP contribution in [0, 0.1) is 5.92 Å². The Labute approximate surface area is 158 Å². The first-order chi connectivity index (χ1) is 10.9. The smallest absolute Gasteiger partial charge is 0.248 e. The molecule has 1 saturated carbocycles. The highest BCUT2D eigenvalue weighted by atomic mass is 127. The number of alkyl halides is 2. The van der Waals surface area contributed by atoms with Crippen LogP contribution in [-0.4, -0.2) is 32.6 Å². The minimum absolute atomic E-state index is 0. The largest absolute Gasteiger partial charge is 0.493 e. The second-order valence-electron chi connectivity index (χ2n) is 5.72. The van der Waals surface area contributed by atoms with Gasteiger partial charge in [0, 0.05) is 31.1 Å². The van der Waals surface area contributed by atoms with E-state index < -0.39 is 5.92 Å². The van der Waals surface area contributed by atoms with Crippen LogP contribution in [0.4, 0.5) is 14.5 Å². The van der Waals surface area contributed by atoms with Crippen molar-refractivity contribution in [1.82, 2.24) is 0 Å². The van der Waals surface area contributed by atoms with Crippen LogP contribution in [0.15, 0.2) is 23.2 Å². The molecule has 0 aromatic heterocycles. The van der Waals surface area contributed by atoms with Gasteiger partial charge >= 0.3 is 0 Å². The highest BCUT2D eigenvalue weighted by molar-refractivity contribution is 14.0. The molecule has 5 nitrogen and oxygen atoms in total. The summed E-state index contributed by atoms with van der Waals surface area (Å²) in [5.41, 5.74) is 6.58. The number of nitrogens with one attached hydrogen (secondary N) is 1. The Balaban J connectivity index is 0.00000288. The standard InChI is InChI=1S/C16H23F2N3O2.HI/c1-22-13-4-3-12(9-14(13)23-2)21-15(19)20-10-11-5-7-16(17,18)8-6-11;/h3-4,9,11H,5-8,10H2,1-2H3,(H3,19,20,21);1H. The number of hydrogen-bond acceptors (Lipinski definition) is 3. The van der Waals surface area contributed by atoms with E-state index in [0.717, 1.165) is 5.69 Å². The summed E-state index contributed by atoms with van der Waals surface area (Å²) in [5, 5.41) is 2.97. The molecule has 0 radical (unpaired) electrons. The van der Waals surface area contributed by atoms with E-state index in [0.29, 0.717) is 30.9 Å². The van der Waals surface area contributed by atoms with Crippen LogP contribution in [0.3, 0.4) is 0 Å². The van der Waals surface area contributed by atoms with Crippen molar-refractivity contribution < 1.29 is 18.3 Å². The van der Waals surface area contributed by atoms with E-state index in [4.69, 9.17) is 15.2 Å². The van der Waals surface area contributed by atoms with Gasteiger partial charge in [-0.05, 0) is 30.9 Å². The molecule has 1 fully saturated rings. The minimum atomic E-state index is -2.51. The van der Waals surface area contributed by atoms with Crippen molar-refractivity contribution in [2.24, 2.45) is 16.6 Å². The summed E-state index contributed by atoms with van der Waals surface area (Å²) in [6, 6.07) is 5.31. The number of benzene rings is 1. The molecular formula is C16H24F2IN3O2. The van der Waals surface area contributed by atoms with Gasteiger partial charge in [0.1, 0.15) is 0 Å². The van der Waals surface area contributed by atoms with Crippen molar-refractivity contribution in [1.29, 1.82) is 0 Å². The molecule has 8 heteroatoms. The van der Waals surface area contributed by atoms with Crippen LogP contribution in [-0.2, 0) is 0 Å². The fraction of sp³-hybridized carbons (Fsp3) is 0.562. The van der Waals surface area contributed by atoms with Gasteiger partial charge in [-0.1, -0.05) is 0 Å². The molecule has 0 heterocycles. The van der Waals surface area contributed by atoms with Crippen molar-refractivity contribution in [2.75, 3.05) is 26.1 Å². The van der Waals surface area contributed by atoms with Gasteiger partial charge in [-0.15, -0.1) is 24.0 Å². The normalized spacial score (nSPS) is 17.8. The fourth-order valence-electron chi connectivity index (χ4n) is 2.61. The van der Waals surface area contributed by atoms with E-state index in [9.17, 15) is 8.78 Å². The lowest BCUT2D eigenvalue weighted by atomic mass is 9.87. The molecule has 2 rings (SSSR count). The molecule has 0 spiro atoms. The van der Waals surface area contributed by atoms with E-state index >= 15 is 0 Å². The molecular weight excluding hydrogens is 431 g/mol. The van der Waals surface area contributed by atoms with Gasteiger partial charge in [0.05, 0.1) is 14.2 Å². The van der Waals surface area contributed by atoms with Crippen LogP contribution in [0.2, 0.25) is 0 Å². The monoisotopic (exact) mass is 455 g/mol. The molecule has 0 atom stereocenters. The van der Waals surface area contributed by atoms with Crippen molar-refractivity contribution in [3.63, 3.8) is 0 Å². The summed E-state index contributed by atoms with van der Waals surface area (Å²) in [6.45, 7) is 0.461. The van der Waals surface area contributed by atoms with Crippen molar-refractivity contribution in [2.45, 2.75) is 31.6 Å². The predicted molar refractivity (Wildman–Crippen MR) is 102 cm³/mol. The maximum atomic E-state index is 13.1. The summed E-state index contributed by atoms with van der Waals surface area (Å²) in [4.78, 5) is 4.26. The molecule has 24 heavy (non-hydrogen) atoms. The Morgan fingerprint density at radius 1 is 1.25 bits per heavy atom. The first-order valence-corrected chi connectivity index (χ1v) is 7.60. The molecule has 1 aromatic rings. The van der Waals surface area contributed by atoms with Crippen LogP contribution in [0.1, 0.15) is 25.7 Å². The van der Waals surface area contributed by atoms with Gasteiger partial charge in [-0.25, -0.2) is 8.78 Å². The van der Waals surface area contributed by atoms with Crippen molar-refractivity contribution in [3.8, 4) is 11.5 Å². The number of methoxy groups -OCH3 is 2. The first-order valence-electron chi connectivity index (χ1n) is 7.60. The topological polar surface area (TPSA) is 68.9 Å². The van der Waals surface area contributed by atoms with Crippen LogP contribution < -0.4 is 20.5 Å². The third-order valence-electron chi connectivity index (χ3n) is 4.01. The average Bonchev–Trinajstić information content (AvgIpc) is 2.53.